The van der Waals surface area contributed by atoms with Crippen molar-refractivity contribution in [3.8, 4) is 0 Å². The predicted octanol–water partition coefficient (Wildman–Crippen LogP) is 4.78. The van der Waals surface area contributed by atoms with Crippen molar-refractivity contribution in [1.82, 2.24) is 5.32 Å². The van der Waals surface area contributed by atoms with Crippen molar-refractivity contribution in [3.63, 3.8) is 0 Å². The van der Waals surface area contributed by atoms with E-state index in [1.54, 1.807) is 0 Å². The molecule has 0 bridgehead atoms. The molecule has 30 heavy (non-hydrogen) atoms. The summed E-state index contributed by atoms with van der Waals surface area (Å²) in [6.45, 7) is 7.07. The number of Topliss-reactive ketones (excluding diaryl/α,β-unsaturated/α-hetero) is 1. The number of ether oxygens (including phenoxy) is 2. The number of hydrogen-bond donors (Lipinski definition) is 1. The van der Waals surface area contributed by atoms with Gasteiger partial charge >= 0.3 is 5.97 Å². The molecule has 0 amide bonds. The Labute approximate surface area is 186 Å². The summed E-state index contributed by atoms with van der Waals surface area (Å²) in [6.07, 6.45) is 3.11. The van der Waals surface area contributed by atoms with E-state index < -0.39 is 5.92 Å². The second-order valence-electron chi connectivity index (χ2n) is 9.21. The molecule has 4 rings (SSSR count). The zero-order valence-corrected chi connectivity index (χ0v) is 19.3. The second-order valence-corrected chi connectivity index (χ2v) is 10.1. The molecule has 0 spiro atoms. The molecule has 2 heterocycles. The lowest BCUT2D eigenvalue weighted by Crippen LogP contribution is -2.39. The first-order valence-electron chi connectivity index (χ1n) is 10.5. The third-order valence-electron chi connectivity index (χ3n) is 6.09. The van der Waals surface area contributed by atoms with Gasteiger partial charge in [-0.05, 0) is 49.3 Å². The van der Waals surface area contributed by atoms with Crippen LogP contribution in [0.2, 0.25) is 0 Å². The molecule has 1 aliphatic carbocycles. The minimum Gasteiger partial charge on any atom is -0.459 e. The van der Waals surface area contributed by atoms with Gasteiger partial charge in [0.05, 0.1) is 11.7 Å². The quantitative estimate of drug-likeness (QED) is 0.637. The minimum atomic E-state index is -0.421. The predicted molar refractivity (Wildman–Crippen MR) is 118 cm³/mol. The zero-order valence-electron chi connectivity index (χ0n) is 17.7. The van der Waals surface area contributed by atoms with Crippen molar-refractivity contribution >= 4 is 27.7 Å². The van der Waals surface area contributed by atoms with Gasteiger partial charge in [0.25, 0.3) is 0 Å². The van der Waals surface area contributed by atoms with E-state index in [1.165, 1.54) is 0 Å². The fraction of sp³-hybridized carbons (Fsp3) is 0.500. The molecule has 1 N–H and O–H groups in total. The van der Waals surface area contributed by atoms with Crippen molar-refractivity contribution in [3.05, 3.63) is 56.8 Å². The number of allylic oxidation sites excluding steroid dienone is 3. The molecule has 3 aliphatic rings. The van der Waals surface area contributed by atoms with Crippen LogP contribution < -0.4 is 5.32 Å². The maximum atomic E-state index is 13.2. The van der Waals surface area contributed by atoms with Gasteiger partial charge < -0.3 is 14.8 Å². The van der Waals surface area contributed by atoms with Crippen LogP contribution in [0.15, 0.2) is 51.3 Å². The molecule has 2 aliphatic heterocycles. The van der Waals surface area contributed by atoms with Crippen LogP contribution in [-0.2, 0) is 19.1 Å². The van der Waals surface area contributed by atoms with Crippen LogP contribution in [0.1, 0.15) is 57.9 Å². The summed E-state index contributed by atoms with van der Waals surface area (Å²) in [5.41, 5.74) is 3.71. The number of hydrogen-bond acceptors (Lipinski definition) is 5. The average molecular weight is 474 g/mol. The molecule has 6 heteroatoms. The van der Waals surface area contributed by atoms with Crippen molar-refractivity contribution in [2.45, 2.75) is 58.5 Å². The van der Waals surface area contributed by atoms with Crippen molar-refractivity contribution < 1.29 is 19.1 Å². The number of carbonyl (C=O) groups is 2. The van der Waals surface area contributed by atoms with Gasteiger partial charge in [0.2, 0.25) is 0 Å². The van der Waals surface area contributed by atoms with Gasteiger partial charge in [-0.2, -0.15) is 0 Å². The van der Waals surface area contributed by atoms with Crippen LogP contribution in [0.4, 0.5) is 0 Å². The third kappa shape index (κ3) is 4.26. The fourth-order valence-electron chi connectivity index (χ4n) is 4.72. The summed E-state index contributed by atoms with van der Waals surface area (Å²) in [5, 5.41) is 3.37. The highest BCUT2D eigenvalue weighted by Crippen LogP contribution is 2.46. The van der Waals surface area contributed by atoms with Gasteiger partial charge in [0.15, 0.2) is 5.78 Å². The van der Waals surface area contributed by atoms with Crippen LogP contribution in [0.5, 0.6) is 0 Å². The van der Waals surface area contributed by atoms with Crippen LogP contribution in [0.25, 0.3) is 0 Å². The van der Waals surface area contributed by atoms with Gasteiger partial charge in [-0.15, -0.1) is 0 Å². The normalized spacial score (nSPS) is 25.8. The van der Waals surface area contributed by atoms with Crippen LogP contribution in [0, 0.1) is 5.41 Å². The van der Waals surface area contributed by atoms with Crippen LogP contribution >= 0.6 is 15.9 Å². The summed E-state index contributed by atoms with van der Waals surface area (Å²) in [7, 11) is 0. The largest absolute Gasteiger partial charge is 0.459 e. The lowest BCUT2D eigenvalue weighted by atomic mass is 9.68. The molecule has 0 unspecified atom stereocenters. The molecule has 0 radical (unpaired) electrons. The second kappa shape index (κ2) is 8.31. The number of esters is 1. The Morgan fingerprint density at radius 3 is 2.67 bits per heavy atom. The van der Waals surface area contributed by atoms with E-state index in [-0.39, 0.29) is 29.9 Å². The van der Waals surface area contributed by atoms with E-state index in [4.69, 9.17) is 9.47 Å². The van der Waals surface area contributed by atoms with Crippen molar-refractivity contribution in [2.24, 2.45) is 5.41 Å². The molecule has 0 saturated carbocycles. The summed E-state index contributed by atoms with van der Waals surface area (Å²) >= 11 is 3.47. The van der Waals surface area contributed by atoms with Crippen LogP contribution in [0.3, 0.4) is 0 Å². The number of dihydropyridines is 1. The number of rotatable bonds is 4. The molecule has 1 saturated heterocycles. The highest BCUT2D eigenvalue weighted by atomic mass is 79.9. The Kier molecular flexibility index (Phi) is 5.90. The molecular formula is C24H28BrNO4. The van der Waals surface area contributed by atoms with Gasteiger partial charge in [0.1, 0.15) is 6.61 Å². The molecule has 1 aromatic carbocycles. The number of halogens is 1. The zero-order chi connectivity index (χ0) is 21.5. The molecule has 1 fully saturated rings. The third-order valence-corrected chi connectivity index (χ3v) is 6.62. The van der Waals surface area contributed by atoms with E-state index in [1.807, 2.05) is 31.2 Å². The average Bonchev–Trinajstić information content (AvgIpc) is 3.18. The Bertz CT molecular complexity index is 923. The van der Waals surface area contributed by atoms with Gasteiger partial charge in [-0.3, -0.25) is 4.79 Å². The summed E-state index contributed by atoms with van der Waals surface area (Å²) in [5.74, 6) is -0.707. The molecule has 1 aromatic rings. The van der Waals surface area contributed by atoms with Crippen molar-refractivity contribution in [2.75, 3.05) is 13.2 Å². The maximum absolute atomic E-state index is 13.2. The number of nitrogens with one attached hydrogen (secondary N) is 1. The molecule has 160 valence electrons. The first-order chi connectivity index (χ1) is 14.2. The van der Waals surface area contributed by atoms with Crippen LogP contribution in [-0.4, -0.2) is 31.1 Å². The number of benzene rings is 1. The smallest absolute Gasteiger partial charge is 0.336 e. The highest BCUT2D eigenvalue weighted by Gasteiger charge is 2.43. The minimum absolute atomic E-state index is 0.0376. The molecular weight excluding hydrogens is 446 g/mol. The first-order valence-corrected chi connectivity index (χ1v) is 11.3. The lowest BCUT2D eigenvalue weighted by molar-refractivity contribution is -0.142. The van der Waals surface area contributed by atoms with Gasteiger partial charge in [0, 0.05) is 40.4 Å². The molecule has 2 atom stereocenters. The van der Waals surface area contributed by atoms with Gasteiger partial charge in [-0.1, -0.05) is 41.9 Å². The summed E-state index contributed by atoms with van der Waals surface area (Å²) in [4.78, 5) is 26.4. The Morgan fingerprint density at radius 2 is 2.00 bits per heavy atom. The SMILES string of the molecule is CC1=C(C(=O)OC[C@@H]2CCCO2)[C@@H](c2ccc(Br)cc2)C2=C(CC(C)(C)CC2=O)N1. The van der Waals surface area contributed by atoms with E-state index in [9.17, 15) is 9.59 Å². The fourth-order valence-corrected chi connectivity index (χ4v) is 4.98. The number of ketones is 1. The standard InChI is InChI=1S/C24H28BrNO4/c1-14-20(23(28)30-13-17-5-4-10-29-17)21(15-6-8-16(25)9-7-15)22-18(26-14)11-24(2,3)12-19(22)27/h6-9,17,21,26H,4-5,10-13H2,1-3H3/t17-,21+/m0/s1. The Balaban J connectivity index is 1.71. The number of carbonyl (C=O) groups excluding carboxylic acids is 2. The van der Waals surface area contributed by atoms with E-state index in [0.717, 1.165) is 40.7 Å². The summed E-state index contributed by atoms with van der Waals surface area (Å²) in [6, 6.07) is 7.83. The lowest BCUT2D eigenvalue weighted by Gasteiger charge is -2.39. The summed E-state index contributed by atoms with van der Waals surface area (Å²) < 4.78 is 12.2. The van der Waals surface area contributed by atoms with E-state index in [2.05, 4.69) is 35.1 Å². The molecule has 5 nitrogen and oxygen atoms in total. The van der Waals surface area contributed by atoms with Gasteiger partial charge in [-0.25, -0.2) is 4.79 Å². The highest BCUT2D eigenvalue weighted by molar-refractivity contribution is 9.10. The Morgan fingerprint density at radius 1 is 1.27 bits per heavy atom. The van der Waals surface area contributed by atoms with E-state index >= 15 is 0 Å². The maximum Gasteiger partial charge on any atom is 0.336 e. The first kappa shape index (κ1) is 21.3. The molecule has 0 aromatic heterocycles. The Hall–Kier alpha value is -1.92. The van der Waals surface area contributed by atoms with E-state index in [0.29, 0.717) is 24.2 Å². The van der Waals surface area contributed by atoms with Crippen molar-refractivity contribution in [1.29, 1.82) is 0 Å². The monoisotopic (exact) mass is 473 g/mol. The topological polar surface area (TPSA) is 64.6 Å².